The first-order chi connectivity index (χ1) is 36.3. The average Bonchev–Trinajstić information content (AvgIpc) is 4.15. The Labute approximate surface area is 471 Å². The molecule has 0 radical (unpaired) electrons. The summed E-state index contributed by atoms with van der Waals surface area (Å²) in [6.45, 7) is 20.9. The summed E-state index contributed by atoms with van der Waals surface area (Å²) in [5.41, 5.74) is 4.35. The number of hydrogen-bond acceptors (Lipinski definition) is 14. The van der Waals surface area contributed by atoms with Crippen LogP contribution in [0.5, 0.6) is 0 Å². The zero-order chi connectivity index (χ0) is 56.7. The Morgan fingerprint density at radius 2 is 0.962 bits per heavy atom. The number of nitrogens with zero attached hydrogens (tertiary/aromatic N) is 7. The molecule has 7 aromatic rings. The maximum atomic E-state index is 12.1. The van der Waals surface area contributed by atoms with E-state index >= 15 is 0 Å². The number of aromatic nitrogens is 7. The zero-order valence-corrected chi connectivity index (χ0v) is 48.8. The minimum atomic E-state index is -1.04. The largest absolute Gasteiger partial charge is 0.477 e. The SMILES string of the molecule is CC(C)(C)OC(=O)c1cc2c(cn1)C=CC2.COCCCn1cc(Cl)c2cnc(C(=O)O)cc21.COCCCn1cc(Cl)c2cnc(C(=O)OC(C)(C)C)cc21.COCCCn1ccc2cnc(C(=O)OC(C)(C)C)cc21.Cl. The molecule has 0 amide bonds. The summed E-state index contributed by atoms with van der Waals surface area (Å²) in [7, 11) is 5.01. The molecule has 21 heteroatoms. The molecule has 78 heavy (non-hydrogen) atoms. The summed E-state index contributed by atoms with van der Waals surface area (Å²) in [6.07, 6.45) is 19.7. The highest BCUT2D eigenvalue weighted by Crippen LogP contribution is 2.28. The first-order valence-corrected chi connectivity index (χ1v) is 25.9. The van der Waals surface area contributed by atoms with Gasteiger partial charge in [0.15, 0.2) is 0 Å². The fourth-order valence-electron chi connectivity index (χ4n) is 7.66. The molecule has 0 bridgehead atoms. The first-order valence-electron chi connectivity index (χ1n) is 25.1. The quantitative estimate of drug-likeness (QED) is 0.0542. The van der Waals surface area contributed by atoms with Crippen LogP contribution in [0.2, 0.25) is 10.0 Å². The molecule has 18 nitrogen and oxygen atoms in total. The van der Waals surface area contributed by atoms with E-state index in [2.05, 4.69) is 30.6 Å². The minimum Gasteiger partial charge on any atom is -0.477 e. The van der Waals surface area contributed by atoms with Crippen LogP contribution in [0.3, 0.4) is 0 Å². The van der Waals surface area contributed by atoms with Crippen LogP contribution in [0, 0.1) is 0 Å². The fraction of sp³-hybridized carbons (Fsp3) is 0.439. The molecule has 0 atom stereocenters. The number of carbonyl (C=O) groups is 4. The van der Waals surface area contributed by atoms with Crippen LogP contribution in [0.25, 0.3) is 38.8 Å². The molecule has 0 unspecified atom stereocenters. The van der Waals surface area contributed by atoms with Gasteiger partial charge in [0.25, 0.3) is 0 Å². The molecule has 1 N–H and O–H groups in total. The predicted octanol–water partition coefficient (Wildman–Crippen LogP) is 12.2. The third-order valence-electron chi connectivity index (χ3n) is 11.0. The van der Waals surface area contributed by atoms with E-state index in [-0.39, 0.29) is 29.8 Å². The van der Waals surface area contributed by atoms with Gasteiger partial charge in [-0.2, -0.15) is 0 Å². The summed E-state index contributed by atoms with van der Waals surface area (Å²) in [6, 6.07) is 8.85. The van der Waals surface area contributed by atoms with Crippen LogP contribution in [-0.2, 0) is 54.5 Å². The van der Waals surface area contributed by atoms with E-state index < -0.39 is 34.7 Å². The number of hydrogen-bond donors (Lipinski definition) is 1. The number of carbonyl (C=O) groups excluding carboxylic acids is 3. The van der Waals surface area contributed by atoms with Crippen molar-refractivity contribution in [2.24, 2.45) is 0 Å². The molecule has 0 aliphatic heterocycles. The Balaban J connectivity index is 0.000000225. The van der Waals surface area contributed by atoms with Gasteiger partial charge in [-0.05, 0) is 129 Å². The molecule has 0 saturated carbocycles. The molecule has 7 heterocycles. The fourth-order valence-corrected chi connectivity index (χ4v) is 8.19. The van der Waals surface area contributed by atoms with Crippen LogP contribution >= 0.6 is 35.6 Å². The Morgan fingerprint density at radius 3 is 1.41 bits per heavy atom. The summed E-state index contributed by atoms with van der Waals surface area (Å²) < 4.78 is 37.1. The number of carboxylic acids is 1. The van der Waals surface area contributed by atoms with Gasteiger partial charge in [-0.3, -0.25) is 0 Å². The van der Waals surface area contributed by atoms with Gasteiger partial charge < -0.3 is 47.2 Å². The standard InChI is InChI=1S/C16H21ClN2O3.C16H22N2O3.C13H15NO2.C12H13ClN2O3.ClH/c1-16(2,3)22-15(20)13-8-14-11(9-18-13)12(17)10-19(14)6-5-7-21-4;1-16(2,3)21-15(19)13-10-14-12(11-17-13)6-8-18(14)7-5-9-20-4;1-13(2,3)16-12(15)11-7-9-5-4-6-10(9)8-14-11;1-18-4-2-3-15-7-9(13)8-6-14-10(12(16)17)5-11(8)15;/h8-10H,5-7H2,1-4H3;6,8,10-11H,5,7,9H2,1-4H3;4,6-8H,5H2,1-3H3;5-7H,2-4H2,1H3,(H,16,17);1H. The smallest absolute Gasteiger partial charge is 0.357 e. The average molecular weight is 1140 g/mol. The van der Waals surface area contributed by atoms with Crippen molar-refractivity contribution in [1.82, 2.24) is 33.6 Å². The zero-order valence-electron chi connectivity index (χ0n) is 46.5. The highest BCUT2D eigenvalue weighted by atomic mass is 35.5. The van der Waals surface area contributed by atoms with E-state index in [1.807, 2.05) is 102 Å². The van der Waals surface area contributed by atoms with Crippen LogP contribution in [0.15, 0.2) is 79.8 Å². The van der Waals surface area contributed by atoms with Crippen LogP contribution in [0.4, 0.5) is 0 Å². The molecule has 0 fully saturated rings. The lowest BCUT2D eigenvalue weighted by Gasteiger charge is -2.19. The number of rotatable bonds is 16. The van der Waals surface area contributed by atoms with E-state index in [4.69, 9.17) is 56.7 Å². The molecule has 0 aromatic carbocycles. The molecule has 422 valence electrons. The Hall–Kier alpha value is -6.41. The van der Waals surface area contributed by atoms with E-state index in [1.165, 1.54) is 12.3 Å². The molecule has 0 spiro atoms. The summed E-state index contributed by atoms with van der Waals surface area (Å²) in [4.78, 5) is 63.2. The second-order valence-corrected chi connectivity index (χ2v) is 21.7. The Bertz CT molecular complexity index is 3180. The summed E-state index contributed by atoms with van der Waals surface area (Å²) >= 11 is 12.3. The number of carboxylic acid groups (broad SMARTS) is 1. The van der Waals surface area contributed by atoms with Crippen molar-refractivity contribution >= 4 is 98.3 Å². The van der Waals surface area contributed by atoms with Gasteiger partial charge in [0.1, 0.15) is 39.6 Å². The van der Waals surface area contributed by atoms with E-state index in [0.29, 0.717) is 41.3 Å². The van der Waals surface area contributed by atoms with Crippen molar-refractivity contribution in [2.45, 2.75) is 124 Å². The van der Waals surface area contributed by atoms with Gasteiger partial charge in [-0.15, -0.1) is 12.4 Å². The second-order valence-electron chi connectivity index (χ2n) is 20.9. The lowest BCUT2D eigenvalue weighted by atomic mass is 10.1. The van der Waals surface area contributed by atoms with Crippen molar-refractivity contribution < 1.29 is 52.7 Å². The highest BCUT2D eigenvalue weighted by Gasteiger charge is 2.23. The number of halogens is 3. The number of aromatic carboxylic acids is 1. The van der Waals surface area contributed by atoms with E-state index in [9.17, 15) is 19.2 Å². The molecule has 7 aromatic heterocycles. The highest BCUT2D eigenvalue weighted by molar-refractivity contribution is 6.36. The number of methoxy groups -OCH3 is 3. The third kappa shape index (κ3) is 19.2. The van der Waals surface area contributed by atoms with Gasteiger partial charge in [0.05, 0.1) is 26.6 Å². The summed E-state index contributed by atoms with van der Waals surface area (Å²) in [5, 5.41) is 12.7. The van der Waals surface area contributed by atoms with Gasteiger partial charge in [0.2, 0.25) is 0 Å². The van der Waals surface area contributed by atoms with Gasteiger partial charge in [-0.25, -0.2) is 39.1 Å². The minimum absolute atomic E-state index is 0. The van der Waals surface area contributed by atoms with Crippen molar-refractivity contribution in [2.75, 3.05) is 41.2 Å². The predicted molar refractivity (Wildman–Crippen MR) is 305 cm³/mol. The molecular formula is C57H72Cl3N7O11. The number of pyridine rings is 4. The van der Waals surface area contributed by atoms with Gasteiger partial charge in [0, 0.05) is 120 Å². The van der Waals surface area contributed by atoms with E-state index in [1.54, 1.807) is 58.2 Å². The lowest BCUT2D eigenvalue weighted by molar-refractivity contribution is 0.00505. The Kier molecular flexibility index (Phi) is 23.8. The molecular weight excluding hydrogens is 1070 g/mol. The lowest BCUT2D eigenvalue weighted by Crippen LogP contribution is -2.24. The number of ether oxygens (including phenoxy) is 6. The van der Waals surface area contributed by atoms with Crippen molar-refractivity contribution in [3.63, 3.8) is 0 Å². The van der Waals surface area contributed by atoms with Crippen molar-refractivity contribution in [1.29, 1.82) is 0 Å². The van der Waals surface area contributed by atoms with Crippen molar-refractivity contribution in [3.8, 4) is 0 Å². The van der Waals surface area contributed by atoms with Crippen molar-refractivity contribution in [3.05, 3.63) is 124 Å². The number of esters is 3. The number of fused-ring (bicyclic) bond motifs is 4. The maximum absolute atomic E-state index is 12.1. The summed E-state index contributed by atoms with van der Waals surface area (Å²) in [5.74, 6) is -2.23. The van der Waals surface area contributed by atoms with E-state index in [0.717, 1.165) is 89.2 Å². The molecule has 8 rings (SSSR count). The van der Waals surface area contributed by atoms with Crippen LogP contribution < -0.4 is 0 Å². The van der Waals surface area contributed by atoms with Crippen LogP contribution in [-0.4, -0.2) is 121 Å². The molecule has 1 aliphatic carbocycles. The maximum Gasteiger partial charge on any atom is 0.357 e. The number of aryl methyl sites for hydroxylation is 3. The second kappa shape index (κ2) is 29.0. The topological polar surface area (TPSA) is 210 Å². The molecule has 1 aliphatic rings. The normalized spacial score (nSPS) is 11.9. The first kappa shape index (κ1) is 64.1. The van der Waals surface area contributed by atoms with Gasteiger partial charge >= 0.3 is 23.9 Å². The third-order valence-corrected chi connectivity index (χ3v) is 11.6. The van der Waals surface area contributed by atoms with Gasteiger partial charge in [-0.1, -0.05) is 35.4 Å². The number of allylic oxidation sites excluding steroid dienone is 1. The molecule has 0 saturated heterocycles. The van der Waals surface area contributed by atoms with Crippen LogP contribution in [0.1, 0.15) is 135 Å². The Morgan fingerprint density at radius 1 is 0.564 bits per heavy atom. The monoisotopic (exact) mass is 1140 g/mol.